The summed E-state index contributed by atoms with van der Waals surface area (Å²) >= 11 is 0. The normalized spacial score (nSPS) is 11.7. The second-order valence-corrected chi connectivity index (χ2v) is 21.5. The molecule has 0 aliphatic carbocycles. The van der Waals surface area contributed by atoms with Crippen LogP contribution in [-0.2, 0) is 0 Å². The molecule has 0 aliphatic rings. The standard InChI is InChI=1S/C40H52B26/c41-15-7-8-12(29(55)37(63)36(62)20(8)46)26(52)25(51)11(7)24(50)21(47)9(15)1-3-5(18(44)34(60)32(58)16(3)42)2(6-4(1)17(43)33(59)35(61)19(6)45)10-22(48)27(53)13(28(54)23(10)49)14-30(56)38(64)40(66)39(65)31(14)57/h41-66H2. The van der Waals surface area contributed by atoms with Gasteiger partial charge in [0.05, 0.1) is 0 Å². The number of hydrogen-bond donors (Lipinski definition) is 0. The van der Waals surface area contributed by atoms with Crippen molar-refractivity contribution in [3.8, 4) is 33.4 Å². The molecular weight excluding hydrogens is 762 g/mol. The van der Waals surface area contributed by atoms with Crippen LogP contribution in [0.4, 0.5) is 0 Å². The summed E-state index contributed by atoms with van der Waals surface area (Å²) in [5.74, 6) is 0. The lowest BCUT2D eigenvalue weighted by Gasteiger charge is -2.33. The van der Waals surface area contributed by atoms with Gasteiger partial charge in [-0.2, -0.15) is 0 Å². The van der Waals surface area contributed by atoms with Gasteiger partial charge in [0.2, 0.25) is 0 Å². The van der Waals surface area contributed by atoms with Crippen LogP contribution < -0.4 is 142 Å². The summed E-state index contributed by atoms with van der Waals surface area (Å²) in [6.07, 6.45) is 0. The van der Waals surface area contributed by atoms with E-state index in [-0.39, 0.29) is 0 Å². The van der Waals surface area contributed by atoms with Crippen molar-refractivity contribution in [2.45, 2.75) is 0 Å². The van der Waals surface area contributed by atoms with E-state index in [9.17, 15) is 0 Å². The Bertz CT molecular complexity index is 3510. The van der Waals surface area contributed by atoms with Crippen LogP contribution in [0.2, 0.25) is 0 Å². The Morgan fingerprint density at radius 1 is 0.0909 bits per heavy atom. The van der Waals surface area contributed by atoms with Crippen LogP contribution in [0.1, 0.15) is 0 Å². The molecule has 0 heterocycles. The molecule has 0 bridgehead atoms. The Morgan fingerprint density at radius 2 is 0.227 bits per heavy atom. The first-order valence-electron chi connectivity index (χ1n) is 24.8. The smallest absolute Gasteiger partial charge is 0.102 e. The largest absolute Gasteiger partial charge is 0.140 e. The zero-order valence-electron chi connectivity index (χ0n) is 46.0. The first-order chi connectivity index (χ1) is 30.7. The maximum Gasteiger partial charge on any atom is 0.140 e. The lowest BCUT2D eigenvalue weighted by molar-refractivity contribution is 1.83. The molecule has 0 N–H and O–H groups in total. The van der Waals surface area contributed by atoms with E-state index in [1.54, 1.807) is 0 Å². The second-order valence-electron chi connectivity index (χ2n) is 21.5. The summed E-state index contributed by atoms with van der Waals surface area (Å²) in [6, 6.07) is 0. The molecule has 0 saturated heterocycles. The molecule has 0 saturated carbocycles. The number of fused-ring (bicyclic) bond motifs is 5. The molecule has 290 valence electrons. The molecular formula is C40H52B26. The van der Waals surface area contributed by atoms with Crippen LogP contribution in [-0.4, -0.2) is 204 Å². The van der Waals surface area contributed by atoms with Gasteiger partial charge in [-0.1, -0.05) is 92.9 Å². The average molecular weight is 814 g/mol. The summed E-state index contributed by atoms with van der Waals surface area (Å²) in [4.78, 5) is 0. The van der Waals surface area contributed by atoms with E-state index in [4.69, 9.17) is 0 Å². The van der Waals surface area contributed by atoms with Crippen LogP contribution in [0, 0.1) is 0 Å². The maximum absolute atomic E-state index is 2.47. The molecule has 66 heavy (non-hydrogen) atoms. The molecule has 0 atom stereocenters. The van der Waals surface area contributed by atoms with Crippen molar-refractivity contribution >= 4 is 389 Å². The minimum absolute atomic E-state index is 1.39. The van der Waals surface area contributed by atoms with Gasteiger partial charge in [0.25, 0.3) is 0 Å². The summed E-state index contributed by atoms with van der Waals surface area (Å²) in [5, 5.41) is 11.5. The Balaban J connectivity index is 1.72. The fourth-order valence-corrected chi connectivity index (χ4v) is 13.3. The van der Waals surface area contributed by atoms with Crippen molar-refractivity contribution in [1.82, 2.24) is 0 Å². The molecule has 0 fully saturated rings. The topological polar surface area (TPSA) is 0 Å². The molecule has 0 nitrogen and oxygen atoms in total. The average Bonchev–Trinajstić information content (AvgIpc) is 3.28. The SMILES string of the molecule is Bc1c(B)c(B)c(-c2c(B)c(B)c(-c3c4c(B)c(B)c(B)c(B)c4c(-c4c(B)c(B)c5c(B)c(B)c6c(B)c(B)c(B)c(B)c6c5c4B)c4c(B)c(B)c(B)c(B)c34)c(B)c2B)c(B)c1B. The predicted octanol–water partition coefficient (Wildman–Crippen LogP) is -34.0. The molecule has 0 unspecified atom stereocenters. The fourth-order valence-electron chi connectivity index (χ4n) is 13.3. The molecule has 0 aliphatic heterocycles. The highest BCUT2D eigenvalue weighted by molar-refractivity contribution is 6.78. The summed E-state index contributed by atoms with van der Waals surface area (Å²) in [6.45, 7) is 0. The van der Waals surface area contributed by atoms with E-state index in [1.807, 2.05) is 0 Å². The van der Waals surface area contributed by atoms with Gasteiger partial charge in [0.1, 0.15) is 204 Å². The van der Waals surface area contributed by atoms with Gasteiger partial charge in [-0.15, -0.1) is 49.2 Å². The minimum Gasteiger partial charge on any atom is -0.102 e. The molecule has 0 spiro atoms. The third-order valence-electron chi connectivity index (χ3n) is 19.3. The Kier molecular flexibility index (Phi) is 12.3. The maximum atomic E-state index is 2.47. The molecule has 26 heteroatoms. The highest BCUT2D eigenvalue weighted by Gasteiger charge is 2.31. The van der Waals surface area contributed by atoms with Crippen molar-refractivity contribution in [2.75, 3.05) is 0 Å². The van der Waals surface area contributed by atoms with E-state index in [0.29, 0.717) is 0 Å². The summed E-state index contributed by atoms with van der Waals surface area (Å²) < 4.78 is 0. The van der Waals surface area contributed by atoms with Crippen molar-refractivity contribution in [3.63, 3.8) is 0 Å². The van der Waals surface area contributed by atoms with E-state index in [0.717, 1.165) is 0 Å². The van der Waals surface area contributed by atoms with Crippen LogP contribution in [0.25, 0.3) is 76.5 Å². The molecule has 0 amide bonds. The van der Waals surface area contributed by atoms with Gasteiger partial charge < -0.3 is 0 Å². The lowest BCUT2D eigenvalue weighted by Crippen LogP contribution is -2.57. The molecule has 8 aromatic carbocycles. The van der Waals surface area contributed by atoms with Gasteiger partial charge in [0, 0.05) is 0 Å². The Morgan fingerprint density at radius 3 is 0.530 bits per heavy atom. The fraction of sp³-hybridized carbons (Fsp3) is 0. The van der Waals surface area contributed by atoms with Crippen molar-refractivity contribution in [2.24, 2.45) is 0 Å². The number of rotatable bonds is 3. The van der Waals surface area contributed by atoms with Gasteiger partial charge in [-0.3, -0.25) is 0 Å². The first kappa shape index (κ1) is 48.9. The number of hydrogen-bond acceptors (Lipinski definition) is 0. The van der Waals surface area contributed by atoms with Gasteiger partial charge in [-0.05, 0) is 76.5 Å². The van der Waals surface area contributed by atoms with Crippen molar-refractivity contribution in [1.29, 1.82) is 0 Å². The monoisotopic (exact) mass is 819 g/mol. The van der Waals surface area contributed by atoms with E-state index >= 15 is 0 Å². The highest BCUT2D eigenvalue weighted by Crippen LogP contribution is 2.39. The Hall–Kier alpha value is -3.51. The molecule has 0 aromatic heterocycles. The van der Waals surface area contributed by atoms with Crippen molar-refractivity contribution < 1.29 is 0 Å². The quantitative estimate of drug-likeness (QED) is 0.0947. The van der Waals surface area contributed by atoms with Crippen LogP contribution in [0.15, 0.2) is 0 Å². The summed E-state index contributed by atoms with van der Waals surface area (Å²) in [7, 11) is 62.0. The van der Waals surface area contributed by atoms with Gasteiger partial charge in [0.15, 0.2) is 0 Å². The Labute approximate surface area is 419 Å². The second kappa shape index (κ2) is 16.6. The van der Waals surface area contributed by atoms with Crippen LogP contribution in [0.5, 0.6) is 0 Å². The lowest BCUT2D eigenvalue weighted by atomic mass is 9.54. The van der Waals surface area contributed by atoms with Crippen LogP contribution >= 0.6 is 0 Å². The first-order valence-corrected chi connectivity index (χ1v) is 24.8. The zero-order valence-corrected chi connectivity index (χ0v) is 46.0. The van der Waals surface area contributed by atoms with Crippen molar-refractivity contribution in [3.05, 3.63) is 0 Å². The number of benzene rings is 8. The molecule has 8 rings (SSSR count). The van der Waals surface area contributed by atoms with Crippen LogP contribution in [0.3, 0.4) is 0 Å². The minimum atomic E-state index is 1.39. The van der Waals surface area contributed by atoms with E-state index in [2.05, 4.69) is 204 Å². The van der Waals surface area contributed by atoms with E-state index < -0.39 is 0 Å². The summed E-state index contributed by atoms with van der Waals surface area (Å²) in [5.41, 5.74) is 45.1. The predicted molar refractivity (Wildman–Crippen MR) is 385 cm³/mol. The third kappa shape index (κ3) is 6.29. The van der Waals surface area contributed by atoms with E-state index in [1.165, 1.54) is 219 Å². The van der Waals surface area contributed by atoms with Gasteiger partial charge >= 0.3 is 0 Å². The third-order valence-corrected chi connectivity index (χ3v) is 19.3. The molecule has 8 aromatic rings. The highest BCUT2D eigenvalue weighted by atomic mass is 14.3. The zero-order chi connectivity index (χ0) is 49.1. The molecule has 0 radical (unpaired) electrons. The van der Waals surface area contributed by atoms with Gasteiger partial charge in [-0.25, -0.2) is 0 Å².